The molecule has 1 nitrogen and oxygen atoms in total. The molecular formula is C14H17N. The molecule has 1 heterocycles. The van der Waals surface area contributed by atoms with Crippen molar-refractivity contribution in [3.8, 4) is 0 Å². The maximum absolute atomic E-state index is 3.39. The summed E-state index contributed by atoms with van der Waals surface area (Å²) in [6.45, 7) is 2.22. The van der Waals surface area contributed by atoms with Crippen LogP contribution in [0.5, 0.6) is 0 Å². The lowest BCUT2D eigenvalue weighted by molar-refractivity contribution is 0.816. The quantitative estimate of drug-likeness (QED) is 0.704. The highest BCUT2D eigenvalue weighted by Crippen LogP contribution is 2.15. The van der Waals surface area contributed by atoms with E-state index in [1.165, 1.54) is 35.9 Å². The van der Waals surface area contributed by atoms with E-state index in [2.05, 4.69) is 54.4 Å². The number of hydrogen-bond donors (Lipinski definition) is 1. The summed E-state index contributed by atoms with van der Waals surface area (Å²) < 4.78 is 0. The van der Waals surface area contributed by atoms with Crippen LogP contribution in [0.15, 0.2) is 36.4 Å². The molecule has 0 saturated heterocycles. The first-order chi connectivity index (χ1) is 7.40. The maximum Gasteiger partial charge on any atom is 0.0458 e. The fourth-order valence-corrected chi connectivity index (χ4v) is 1.72. The van der Waals surface area contributed by atoms with Gasteiger partial charge in [0, 0.05) is 11.2 Å². The summed E-state index contributed by atoms with van der Waals surface area (Å²) in [6, 6.07) is 10.6. The summed E-state index contributed by atoms with van der Waals surface area (Å²) in [7, 11) is 0. The molecule has 0 aliphatic carbocycles. The molecule has 0 aliphatic rings. The minimum Gasteiger partial charge on any atom is -0.355 e. The molecule has 1 aromatic carbocycles. The monoisotopic (exact) mass is 199 g/mol. The lowest BCUT2D eigenvalue weighted by Gasteiger charge is -1.88. The lowest BCUT2D eigenvalue weighted by atomic mass is 10.2. The van der Waals surface area contributed by atoms with Gasteiger partial charge in [0.25, 0.3) is 0 Å². The lowest BCUT2D eigenvalue weighted by Crippen LogP contribution is -1.70. The SMILES string of the molecule is CCCCC=Cc1cc2ccccc2[nH]1. The molecule has 1 aromatic heterocycles. The van der Waals surface area contributed by atoms with Crippen molar-refractivity contribution in [2.45, 2.75) is 26.2 Å². The number of aromatic nitrogens is 1. The Morgan fingerprint density at radius 1 is 1.27 bits per heavy atom. The number of H-pyrrole nitrogens is 1. The van der Waals surface area contributed by atoms with Crippen molar-refractivity contribution >= 4 is 17.0 Å². The Balaban J connectivity index is 2.12. The first-order valence-corrected chi connectivity index (χ1v) is 5.64. The number of para-hydroxylation sites is 1. The maximum atomic E-state index is 3.39. The van der Waals surface area contributed by atoms with Crippen LogP contribution in [0.2, 0.25) is 0 Å². The second kappa shape index (κ2) is 4.83. The van der Waals surface area contributed by atoms with E-state index in [9.17, 15) is 0 Å². The number of aromatic amines is 1. The highest BCUT2D eigenvalue weighted by molar-refractivity contribution is 5.82. The zero-order valence-corrected chi connectivity index (χ0v) is 9.16. The van der Waals surface area contributed by atoms with Gasteiger partial charge in [-0.1, -0.05) is 44.0 Å². The number of nitrogens with one attached hydrogen (secondary N) is 1. The van der Waals surface area contributed by atoms with Gasteiger partial charge in [-0.25, -0.2) is 0 Å². The minimum atomic E-state index is 1.17. The molecule has 2 rings (SSSR count). The van der Waals surface area contributed by atoms with Gasteiger partial charge in [0.05, 0.1) is 0 Å². The van der Waals surface area contributed by atoms with Gasteiger partial charge in [0.2, 0.25) is 0 Å². The molecule has 0 atom stereocenters. The van der Waals surface area contributed by atoms with Gasteiger partial charge >= 0.3 is 0 Å². The second-order valence-corrected chi connectivity index (χ2v) is 3.86. The van der Waals surface area contributed by atoms with Crippen LogP contribution in [0.3, 0.4) is 0 Å². The van der Waals surface area contributed by atoms with Gasteiger partial charge in [-0.2, -0.15) is 0 Å². The molecule has 78 valence electrons. The molecule has 1 heteroatoms. The molecule has 0 saturated carbocycles. The smallest absolute Gasteiger partial charge is 0.0458 e. The van der Waals surface area contributed by atoms with E-state index in [4.69, 9.17) is 0 Å². The molecule has 15 heavy (non-hydrogen) atoms. The van der Waals surface area contributed by atoms with Crippen molar-refractivity contribution in [2.75, 3.05) is 0 Å². The number of allylic oxidation sites excluding steroid dienone is 1. The molecule has 1 N–H and O–H groups in total. The Morgan fingerprint density at radius 3 is 2.93 bits per heavy atom. The van der Waals surface area contributed by atoms with E-state index in [1.54, 1.807) is 0 Å². The van der Waals surface area contributed by atoms with E-state index in [0.717, 1.165) is 0 Å². The predicted octanol–water partition coefficient (Wildman–Crippen LogP) is 4.37. The van der Waals surface area contributed by atoms with Crippen molar-refractivity contribution in [3.05, 3.63) is 42.1 Å². The van der Waals surface area contributed by atoms with Crippen LogP contribution in [-0.4, -0.2) is 4.98 Å². The first kappa shape index (κ1) is 10.0. The van der Waals surface area contributed by atoms with Gasteiger partial charge in [-0.3, -0.25) is 0 Å². The van der Waals surface area contributed by atoms with Crippen LogP contribution in [0, 0.1) is 0 Å². The fraction of sp³-hybridized carbons (Fsp3) is 0.286. The van der Waals surface area contributed by atoms with Crippen LogP contribution < -0.4 is 0 Å². The van der Waals surface area contributed by atoms with Crippen LogP contribution >= 0.6 is 0 Å². The zero-order chi connectivity index (χ0) is 10.5. The highest BCUT2D eigenvalue weighted by Gasteiger charge is 1.95. The van der Waals surface area contributed by atoms with Gasteiger partial charge in [0.1, 0.15) is 0 Å². The predicted molar refractivity (Wildman–Crippen MR) is 66.9 cm³/mol. The van der Waals surface area contributed by atoms with Gasteiger partial charge in [-0.15, -0.1) is 0 Å². The number of unbranched alkanes of at least 4 members (excludes halogenated alkanes) is 2. The van der Waals surface area contributed by atoms with Gasteiger partial charge in [0.15, 0.2) is 0 Å². The first-order valence-electron chi connectivity index (χ1n) is 5.64. The van der Waals surface area contributed by atoms with E-state index in [-0.39, 0.29) is 0 Å². The summed E-state index contributed by atoms with van der Waals surface area (Å²) in [5.41, 5.74) is 2.42. The highest BCUT2D eigenvalue weighted by atomic mass is 14.7. The minimum absolute atomic E-state index is 1.17. The second-order valence-electron chi connectivity index (χ2n) is 3.86. The molecule has 0 fully saturated rings. The van der Waals surface area contributed by atoms with E-state index >= 15 is 0 Å². The van der Waals surface area contributed by atoms with Crippen LogP contribution in [0.4, 0.5) is 0 Å². The molecule has 0 bridgehead atoms. The molecule has 2 aromatic rings. The molecule has 0 radical (unpaired) electrons. The van der Waals surface area contributed by atoms with Crippen molar-refractivity contribution in [1.82, 2.24) is 4.98 Å². The molecule has 0 spiro atoms. The zero-order valence-electron chi connectivity index (χ0n) is 9.16. The summed E-state index contributed by atoms with van der Waals surface area (Å²) in [4.78, 5) is 3.39. The number of hydrogen-bond acceptors (Lipinski definition) is 0. The topological polar surface area (TPSA) is 15.8 Å². The number of benzene rings is 1. The summed E-state index contributed by atoms with van der Waals surface area (Å²) in [5, 5.41) is 1.28. The third-order valence-electron chi connectivity index (χ3n) is 2.57. The summed E-state index contributed by atoms with van der Waals surface area (Å²) in [5.74, 6) is 0. The van der Waals surface area contributed by atoms with Crippen molar-refractivity contribution < 1.29 is 0 Å². The Kier molecular flexibility index (Phi) is 3.23. The Labute approximate surface area is 90.8 Å². The van der Waals surface area contributed by atoms with Crippen LogP contribution in [-0.2, 0) is 0 Å². The molecular weight excluding hydrogens is 182 g/mol. The van der Waals surface area contributed by atoms with E-state index in [1.807, 2.05) is 0 Å². The summed E-state index contributed by atoms with van der Waals surface area (Å²) >= 11 is 0. The van der Waals surface area contributed by atoms with Crippen LogP contribution in [0.1, 0.15) is 31.9 Å². The average Bonchev–Trinajstić information content (AvgIpc) is 2.67. The standard InChI is InChI=1S/C14H17N/c1-2-3-4-5-9-13-11-12-8-6-7-10-14(12)15-13/h5-11,15H,2-4H2,1H3. The fourth-order valence-electron chi connectivity index (χ4n) is 1.72. The molecule has 0 aliphatic heterocycles. The van der Waals surface area contributed by atoms with Crippen molar-refractivity contribution in [2.24, 2.45) is 0 Å². The van der Waals surface area contributed by atoms with Gasteiger partial charge < -0.3 is 4.98 Å². The summed E-state index contributed by atoms with van der Waals surface area (Å²) in [6.07, 6.45) is 8.13. The van der Waals surface area contributed by atoms with Crippen LogP contribution in [0.25, 0.3) is 17.0 Å². The normalized spacial score (nSPS) is 11.5. The number of rotatable bonds is 4. The third kappa shape index (κ3) is 2.50. The average molecular weight is 199 g/mol. The van der Waals surface area contributed by atoms with Crippen molar-refractivity contribution in [3.63, 3.8) is 0 Å². The van der Waals surface area contributed by atoms with Crippen molar-refractivity contribution in [1.29, 1.82) is 0 Å². The van der Waals surface area contributed by atoms with Gasteiger partial charge in [-0.05, 0) is 30.0 Å². The Hall–Kier alpha value is -1.50. The Morgan fingerprint density at radius 2 is 2.13 bits per heavy atom. The van der Waals surface area contributed by atoms with E-state index in [0.29, 0.717) is 0 Å². The number of fused-ring (bicyclic) bond motifs is 1. The molecule has 0 amide bonds. The Bertz CT molecular complexity index is 418. The van der Waals surface area contributed by atoms with E-state index < -0.39 is 0 Å². The largest absolute Gasteiger partial charge is 0.355 e. The molecule has 0 unspecified atom stereocenters. The third-order valence-corrected chi connectivity index (χ3v) is 2.57.